The number of ether oxygens (including phenoxy) is 1. The molecule has 0 unspecified atom stereocenters. The van der Waals surface area contributed by atoms with Crippen molar-refractivity contribution in [1.82, 2.24) is 0 Å². The molecule has 0 saturated heterocycles. The summed E-state index contributed by atoms with van der Waals surface area (Å²) < 4.78 is 5.12. The molecule has 26 heavy (non-hydrogen) atoms. The molecule has 2 aromatic rings. The van der Waals surface area contributed by atoms with Gasteiger partial charge in [0.05, 0.1) is 12.1 Å². The topological polar surface area (TPSA) is 58.6 Å². The first kappa shape index (κ1) is 19.8. The molecule has 1 N–H and O–H groups in total. The Morgan fingerprint density at radius 1 is 1.12 bits per heavy atom. The Balaban J connectivity index is 2.03. The third-order valence-electron chi connectivity index (χ3n) is 4.18. The van der Waals surface area contributed by atoms with Gasteiger partial charge in [-0.2, -0.15) is 0 Å². The molecular formula is C20H23ClN2O3. The van der Waals surface area contributed by atoms with Crippen molar-refractivity contribution < 1.29 is 14.3 Å². The molecule has 5 nitrogen and oxygen atoms in total. The zero-order valence-corrected chi connectivity index (χ0v) is 16.2. The van der Waals surface area contributed by atoms with Crippen LogP contribution in [0.4, 0.5) is 11.4 Å². The SMILES string of the molecule is COc1ccc(N(CCC(=O)Nc2ccc(C)c(C)c2)C(C)=O)cc1Cl. The highest BCUT2D eigenvalue weighted by Gasteiger charge is 2.15. The summed E-state index contributed by atoms with van der Waals surface area (Å²) in [6.45, 7) is 5.73. The van der Waals surface area contributed by atoms with E-state index in [9.17, 15) is 9.59 Å². The second-order valence-electron chi connectivity index (χ2n) is 6.09. The number of anilines is 2. The minimum absolute atomic E-state index is 0.154. The third kappa shape index (κ3) is 4.99. The van der Waals surface area contributed by atoms with Gasteiger partial charge in [-0.15, -0.1) is 0 Å². The van der Waals surface area contributed by atoms with Gasteiger partial charge in [-0.25, -0.2) is 0 Å². The van der Waals surface area contributed by atoms with E-state index < -0.39 is 0 Å². The zero-order chi connectivity index (χ0) is 19.3. The third-order valence-corrected chi connectivity index (χ3v) is 4.48. The summed E-state index contributed by atoms with van der Waals surface area (Å²) in [5.41, 5.74) is 3.66. The van der Waals surface area contributed by atoms with Crippen LogP contribution in [0.3, 0.4) is 0 Å². The quantitative estimate of drug-likeness (QED) is 0.817. The van der Waals surface area contributed by atoms with E-state index in [-0.39, 0.29) is 24.8 Å². The normalized spacial score (nSPS) is 10.3. The number of aryl methyl sites for hydroxylation is 2. The Bertz CT molecular complexity index is 821. The van der Waals surface area contributed by atoms with E-state index in [1.807, 2.05) is 32.0 Å². The van der Waals surface area contributed by atoms with Gasteiger partial charge in [0.2, 0.25) is 11.8 Å². The Morgan fingerprint density at radius 3 is 2.42 bits per heavy atom. The Labute approximate surface area is 158 Å². The van der Waals surface area contributed by atoms with Gasteiger partial charge in [0.1, 0.15) is 5.75 Å². The molecular weight excluding hydrogens is 352 g/mol. The molecule has 138 valence electrons. The van der Waals surface area contributed by atoms with Crippen LogP contribution < -0.4 is 15.0 Å². The number of nitrogens with one attached hydrogen (secondary N) is 1. The fraction of sp³-hybridized carbons (Fsp3) is 0.300. The molecule has 0 aliphatic carbocycles. The summed E-state index contributed by atoms with van der Waals surface area (Å²) in [6.07, 6.45) is 0.177. The van der Waals surface area contributed by atoms with Gasteiger partial charge < -0.3 is 15.0 Å². The average molecular weight is 375 g/mol. The number of hydrogen-bond donors (Lipinski definition) is 1. The van der Waals surface area contributed by atoms with Crippen LogP contribution in [0.1, 0.15) is 24.5 Å². The summed E-state index contributed by atoms with van der Waals surface area (Å²) in [4.78, 5) is 25.7. The number of hydrogen-bond acceptors (Lipinski definition) is 3. The lowest BCUT2D eigenvalue weighted by Crippen LogP contribution is -2.32. The minimum Gasteiger partial charge on any atom is -0.495 e. The minimum atomic E-state index is -0.162. The number of methoxy groups -OCH3 is 1. The van der Waals surface area contributed by atoms with Gasteiger partial charge in [0.25, 0.3) is 0 Å². The van der Waals surface area contributed by atoms with E-state index >= 15 is 0 Å². The van der Waals surface area contributed by atoms with Crippen molar-refractivity contribution in [3.8, 4) is 5.75 Å². The number of amides is 2. The molecule has 0 aromatic heterocycles. The van der Waals surface area contributed by atoms with Crippen LogP contribution in [0.5, 0.6) is 5.75 Å². The summed E-state index contributed by atoms with van der Waals surface area (Å²) >= 11 is 6.13. The maximum absolute atomic E-state index is 12.2. The summed E-state index contributed by atoms with van der Waals surface area (Å²) in [5.74, 6) is 0.218. The predicted molar refractivity (Wildman–Crippen MR) is 105 cm³/mol. The lowest BCUT2D eigenvalue weighted by molar-refractivity contribution is -0.117. The van der Waals surface area contributed by atoms with Crippen LogP contribution >= 0.6 is 11.6 Å². The van der Waals surface area contributed by atoms with Crippen molar-refractivity contribution in [2.45, 2.75) is 27.2 Å². The average Bonchev–Trinajstić information content (AvgIpc) is 2.58. The summed E-state index contributed by atoms with van der Waals surface area (Å²) in [5, 5.41) is 3.28. The highest BCUT2D eigenvalue weighted by atomic mass is 35.5. The van der Waals surface area contributed by atoms with Gasteiger partial charge in [-0.05, 0) is 55.3 Å². The van der Waals surface area contributed by atoms with E-state index in [0.29, 0.717) is 16.5 Å². The second kappa shape index (κ2) is 8.72. The van der Waals surface area contributed by atoms with Crippen LogP contribution in [0.15, 0.2) is 36.4 Å². The van der Waals surface area contributed by atoms with Gasteiger partial charge in [0, 0.05) is 31.3 Å². The fourth-order valence-electron chi connectivity index (χ4n) is 2.55. The molecule has 0 fully saturated rings. The van der Waals surface area contributed by atoms with Crippen LogP contribution in [-0.2, 0) is 9.59 Å². The molecule has 2 rings (SSSR count). The fourth-order valence-corrected chi connectivity index (χ4v) is 2.80. The van der Waals surface area contributed by atoms with E-state index in [0.717, 1.165) is 11.3 Å². The van der Waals surface area contributed by atoms with E-state index in [4.69, 9.17) is 16.3 Å². The maximum Gasteiger partial charge on any atom is 0.226 e. The number of carbonyl (C=O) groups excluding carboxylic acids is 2. The summed E-state index contributed by atoms with van der Waals surface area (Å²) in [6, 6.07) is 10.9. The molecule has 0 atom stereocenters. The largest absolute Gasteiger partial charge is 0.495 e. The van der Waals surface area contributed by atoms with E-state index in [2.05, 4.69) is 5.32 Å². The number of halogens is 1. The maximum atomic E-state index is 12.2. The Morgan fingerprint density at radius 2 is 1.85 bits per heavy atom. The first-order valence-corrected chi connectivity index (χ1v) is 8.68. The van der Waals surface area contributed by atoms with Crippen molar-refractivity contribution in [1.29, 1.82) is 0 Å². The zero-order valence-electron chi connectivity index (χ0n) is 15.4. The van der Waals surface area contributed by atoms with Gasteiger partial charge in [0.15, 0.2) is 0 Å². The van der Waals surface area contributed by atoms with Crippen molar-refractivity contribution >= 4 is 34.8 Å². The molecule has 6 heteroatoms. The smallest absolute Gasteiger partial charge is 0.226 e. The molecule has 2 amide bonds. The molecule has 2 aromatic carbocycles. The number of benzene rings is 2. The van der Waals surface area contributed by atoms with Gasteiger partial charge in [-0.3, -0.25) is 9.59 Å². The monoisotopic (exact) mass is 374 g/mol. The first-order valence-electron chi connectivity index (χ1n) is 8.30. The van der Waals surface area contributed by atoms with Crippen molar-refractivity contribution in [3.05, 3.63) is 52.5 Å². The Kier molecular flexibility index (Phi) is 6.64. The van der Waals surface area contributed by atoms with E-state index in [1.165, 1.54) is 24.5 Å². The highest BCUT2D eigenvalue weighted by molar-refractivity contribution is 6.32. The van der Waals surface area contributed by atoms with Gasteiger partial charge in [-0.1, -0.05) is 17.7 Å². The predicted octanol–water partition coefficient (Wildman–Crippen LogP) is 4.35. The second-order valence-corrected chi connectivity index (χ2v) is 6.49. The van der Waals surface area contributed by atoms with Crippen molar-refractivity contribution in [2.24, 2.45) is 0 Å². The standard InChI is InChI=1S/C20H23ClN2O3/c1-13-5-6-16(11-14(13)2)22-20(25)9-10-23(15(3)24)17-7-8-19(26-4)18(21)12-17/h5-8,11-12H,9-10H2,1-4H3,(H,22,25). The van der Waals surface area contributed by atoms with E-state index in [1.54, 1.807) is 18.2 Å². The highest BCUT2D eigenvalue weighted by Crippen LogP contribution is 2.29. The van der Waals surface area contributed by atoms with Crippen LogP contribution in [-0.4, -0.2) is 25.5 Å². The number of rotatable bonds is 6. The van der Waals surface area contributed by atoms with Crippen LogP contribution in [0.2, 0.25) is 5.02 Å². The number of nitrogens with zero attached hydrogens (tertiary/aromatic N) is 1. The lowest BCUT2D eigenvalue weighted by atomic mass is 10.1. The van der Waals surface area contributed by atoms with Crippen LogP contribution in [0.25, 0.3) is 0 Å². The molecule has 0 saturated carbocycles. The number of carbonyl (C=O) groups is 2. The lowest BCUT2D eigenvalue weighted by Gasteiger charge is -2.21. The molecule has 0 radical (unpaired) electrons. The molecule has 0 aliphatic heterocycles. The summed E-state index contributed by atoms with van der Waals surface area (Å²) in [7, 11) is 1.53. The molecule has 0 spiro atoms. The van der Waals surface area contributed by atoms with Crippen LogP contribution in [0, 0.1) is 13.8 Å². The van der Waals surface area contributed by atoms with Gasteiger partial charge >= 0.3 is 0 Å². The molecule has 0 bridgehead atoms. The molecule has 0 aliphatic rings. The first-order chi connectivity index (χ1) is 12.3. The van der Waals surface area contributed by atoms with Crippen molar-refractivity contribution in [3.63, 3.8) is 0 Å². The Hall–Kier alpha value is -2.53. The molecule has 0 heterocycles. The van der Waals surface area contributed by atoms with Crippen molar-refractivity contribution in [2.75, 3.05) is 23.9 Å².